The molecule has 0 fully saturated rings. The SMILES string of the molecule is CC(Nc1cc(F)ccc1Cl)c1ccc2c(c1)CCCC2. The topological polar surface area (TPSA) is 12.0 Å². The molecule has 1 aliphatic carbocycles. The third-order valence-electron chi connectivity index (χ3n) is 4.17. The lowest BCUT2D eigenvalue weighted by Crippen LogP contribution is -2.10. The Hall–Kier alpha value is -1.54. The van der Waals surface area contributed by atoms with Gasteiger partial charge in [0, 0.05) is 6.04 Å². The van der Waals surface area contributed by atoms with Crippen LogP contribution in [0.25, 0.3) is 0 Å². The first-order valence-corrected chi connectivity index (χ1v) is 7.84. The Bertz CT molecular complexity index is 654. The number of hydrogen-bond donors (Lipinski definition) is 1. The summed E-state index contributed by atoms with van der Waals surface area (Å²) < 4.78 is 13.3. The summed E-state index contributed by atoms with van der Waals surface area (Å²) in [5.41, 5.74) is 4.79. The monoisotopic (exact) mass is 303 g/mol. The molecule has 3 heteroatoms. The predicted molar refractivity (Wildman–Crippen MR) is 86.5 cm³/mol. The number of benzene rings is 2. The zero-order valence-electron chi connectivity index (χ0n) is 12.1. The van der Waals surface area contributed by atoms with Gasteiger partial charge in [-0.1, -0.05) is 29.8 Å². The Morgan fingerprint density at radius 1 is 1.05 bits per heavy atom. The molecule has 0 amide bonds. The number of aryl methyl sites for hydroxylation is 2. The van der Waals surface area contributed by atoms with E-state index in [1.165, 1.54) is 48.1 Å². The molecule has 2 aromatic carbocycles. The molecular formula is C18H19ClFN. The molecule has 1 unspecified atom stereocenters. The summed E-state index contributed by atoms with van der Waals surface area (Å²) in [5.74, 6) is -0.278. The number of rotatable bonds is 3. The first-order valence-electron chi connectivity index (χ1n) is 7.47. The van der Waals surface area contributed by atoms with E-state index in [9.17, 15) is 4.39 Å². The molecule has 0 saturated heterocycles. The van der Waals surface area contributed by atoms with Crippen molar-refractivity contribution in [3.05, 3.63) is 63.9 Å². The van der Waals surface area contributed by atoms with Gasteiger partial charge in [0.15, 0.2) is 0 Å². The molecule has 0 saturated carbocycles. The highest BCUT2D eigenvalue weighted by Gasteiger charge is 2.13. The van der Waals surface area contributed by atoms with Crippen LogP contribution in [0.2, 0.25) is 5.02 Å². The largest absolute Gasteiger partial charge is 0.377 e. The van der Waals surface area contributed by atoms with E-state index in [1.807, 2.05) is 0 Å². The molecule has 1 nitrogen and oxygen atoms in total. The van der Waals surface area contributed by atoms with Crippen molar-refractivity contribution in [1.29, 1.82) is 0 Å². The van der Waals surface area contributed by atoms with Gasteiger partial charge in [-0.25, -0.2) is 4.39 Å². The van der Waals surface area contributed by atoms with Crippen molar-refractivity contribution in [2.45, 2.75) is 38.6 Å². The quantitative estimate of drug-likeness (QED) is 0.786. The van der Waals surface area contributed by atoms with Crippen LogP contribution in [0, 0.1) is 5.82 Å². The van der Waals surface area contributed by atoms with Gasteiger partial charge in [-0.3, -0.25) is 0 Å². The molecule has 2 aromatic rings. The number of anilines is 1. The first kappa shape index (κ1) is 14.4. The summed E-state index contributed by atoms with van der Waals surface area (Å²) in [7, 11) is 0. The Kier molecular flexibility index (Phi) is 4.16. The van der Waals surface area contributed by atoms with Crippen molar-refractivity contribution in [2.24, 2.45) is 0 Å². The van der Waals surface area contributed by atoms with Crippen LogP contribution in [0.5, 0.6) is 0 Å². The maximum atomic E-state index is 13.3. The maximum Gasteiger partial charge on any atom is 0.125 e. The molecule has 0 heterocycles. The third-order valence-corrected chi connectivity index (χ3v) is 4.50. The number of halogens is 2. The van der Waals surface area contributed by atoms with Gasteiger partial charge in [0.2, 0.25) is 0 Å². The van der Waals surface area contributed by atoms with Crippen LogP contribution in [-0.4, -0.2) is 0 Å². The van der Waals surface area contributed by atoms with E-state index >= 15 is 0 Å². The zero-order valence-corrected chi connectivity index (χ0v) is 12.9. The minimum Gasteiger partial charge on any atom is -0.377 e. The van der Waals surface area contributed by atoms with Crippen LogP contribution < -0.4 is 5.32 Å². The molecule has 110 valence electrons. The number of fused-ring (bicyclic) bond motifs is 1. The Balaban J connectivity index is 1.82. The fraction of sp³-hybridized carbons (Fsp3) is 0.333. The Morgan fingerprint density at radius 2 is 1.81 bits per heavy atom. The minimum atomic E-state index is -0.278. The van der Waals surface area contributed by atoms with E-state index in [1.54, 1.807) is 6.07 Å². The first-order chi connectivity index (χ1) is 10.1. The second-order valence-electron chi connectivity index (χ2n) is 5.73. The highest BCUT2D eigenvalue weighted by Crippen LogP contribution is 2.29. The fourth-order valence-corrected chi connectivity index (χ4v) is 3.12. The average molecular weight is 304 g/mol. The fourth-order valence-electron chi connectivity index (χ4n) is 2.95. The molecule has 0 aromatic heterocycles. The molecule has 3 rings (SSSR count). The van der Waals surface area contributed by atoms with Crippen molar-refractivity contribution in [3.63, 3.8) is 0 Å². The lowest BCUT2D eigenvalue weighted by Gasteiger charge is -2.21. The molecule has 0 spiro atoms. The summed E-state index contributed by atoms with van der Waals surface area (Å²) in [4.78, 5) is 0. The van der Waals surface area contributed by atoms with Crippen LogP contribution in [0.15, 0.2) is 36.4 Å². The van der Waals surface area contributed by atoms with Gasteiger partial charge in [-0.2, -0.15) is 0 Å². The van der Waals surface area contributed by atoms with E-state index in [0.29, 0.717) is 10.7 Å². The normalized spacial score (nSPS) is 15.4. The summed E-state index contributed by atoms with van der Waals surface area (Å²) in [6, 6.07) is 11.2. The molecule has 0 aliphatic heterocycles. The second-order valence-corrected chi connectivity index (χ2v) is 6.13. The Labute approximate surface area is 130 Å². The van der Waals surface area contributed by atoms with Crippen LogP contribution in [0.3, 0.4) is 0 Å². The highest BCUT2D eigenvalue weighted by molar-refractivity contribution is 6.33. The van der Waals surface area contributed by atoms with Crippen molar-refractivity contribution < 1.29 is 4.39 Å². The number of hydrogen-bond acceptors (Lipinski definition) is 1. The van der Waals surface area contributed by atoms with Gasteiger partial charge >= 0.3 is 0 Å². The van der Waals surface area contributed by atoms with Crippen molar-refractivity contribution in [2.75, 3.05) is 5.32 Å². The number of nitrogens with one attached hydrogen (secondary N) is 1. The van der Waals surface area contributed by atoms with Gasteiger partial charge in [0.25, 0.3) is 0 Å². The summed E-state index contributed by atoms with van der Waals surface area (Å²) in [6.07, 6.45) is 4.91. The third kappa shape index (κ3) is 3.21. The van der Waals surface area contributed by atoms with Gasteiger partial charge in [0.05, 0.1) is 10.7 Å². The van der Waals surface area contributed by atoms with Gasteiger partial charge in [-0.05, 0) is 67.5 Å². The predicted octanol–water partition coefficient (Wildman–Crippen LogP) is 5.53. The molecule has 1 N–H and O–H groups in total. The smallest absolute Gasteiger partial charge is 0.125 e. The standard InChI is InChI=1S/C18H19ClFN/c1-12(21-18-11-16(20)8-9-17(18)19)14-7-6-13-4-2-3-5-15(13)10-14/h6-12,21H,2-5H2,1H3. The molecular weight excluding hydrogens is 285 g/mol. The lowest BCUT2D eigenvalue weighted by molar-refractivity contribution is 0.628. The van der Waals surface area contributed by atoms with E-state index in [4.69, 9.17) is 11.6 Å². The summed E-state index contributed by atoms with van der Waals surface area (Å²) in [5, 5.41) is 3.84. The van der Waals surface area contributed by atoms with Crippen LogP contribution >= 0.6 is 11.6 Å². The van der Waals surface area contributed by atoms with Gasteiger partial charge in [0.1, 0.15) is 5.82 Å². The second kappa shape index (κ2) is 6.07. The van der Waals surface area contributed by atoms with E-state index < -0.39 is 0 Å². The summed E-state index contributed by atoms with van der Waals surface area (Å²) in [6.45, 7) is 2.08. The molecule has 21 heavy (non-hydrogen) atoms. The minimum absolute atomic E-state index is 0.0940. The average Bonchev–Trinajstić information content (AvgIpc) is 2.50. The van der Waals surface area contributed by atoms with Crippen LogP contribution in [0.1, 0.15) is 42.5 Å². The molecule has 0 bridgehead atoms. The van der Waals surface area contributed by atoms with Gasteiger partial charge in [-0.15, -0.1) is 0 Å². The zero-order chi connectivity index (χ0) is 14.8. The van der Waals surface area contributed by atoms with Gasteiger partial charge < -0.3 is 5.32 Å². The maximum absolute atomic E-state index is 13.3. The van der Waals surface area contributed by atoms with Crippen molar-refractivity contribution >= 4 is 17.3 Å². The van der Waals surface area contributed by atoms with Crippen molar-refractivity contribution in [1.82, 2.24) is 0 Å². The van der Waals surface area contributed by atoms with E-state index in [-0.39, 0.29) is 11.9 Å². The Morgan fingerprint density at radius 3 is 2.62 bits per heavy atom. The molecule has 1 aliphatic rings. The highest BCUT2D eigenvalue weighted by atomic mass is 35.5. The molecule has 1 atom stereocenters. The van der Waals surface area contributed by atoms with Crippen LogP contribution in [-0.2, 0) is 12.8 Å². The lowest BCUT2D eigenvalue weighted by atomic mass is 9.89. The summed E-state index contributed by atoms with van der Waals surface area (Å²) >= 11 is 6.11. The van der Waals surface area contributed by atoms with Crippen molar-refractivity contribution in [3.8, 4) is 0 Å². The van der Waals surface area contributed by atoms with E-state index in [2.05, 4.69) is 30.4 Å². The molecule has 0 radical (unpaired) electrons. The van der Waals surface area contributed by atoms with E-state index in [0.717, 1.165) is 6.42 Å². The van der Waals surface area contributed by atoms with Crippen LogP contribution in [0.4, 0.5) is 10.1 Å².